The smallest absolute Gasteiger partial charge is 0.240 e. The Labute approximate surface area is 88.6 Å². The number of aromatic nitrogens is 1. The van der Waals surface area contributed by atoms with Crippen molar-refractivity contribution in [3.8, 4) is 0 Å². The highest BCUT2D eigenvalue weighted by Gasteiger charge is 2.04. The zero-order valence-corrected chi connectivity index (χ0v) is 8.69. The van der Waals surface area contributed by atoms with Gasteiger partial charge in [0.05, 0.1) is 0 Å². The highest BCUT2D eigenvalue weighted by Crippen LogP contribution is 2.01. The van der Waals surface area contributed by atoms with Gasteiger partial charge < -0.3 is 9.88 Å². The van der Waals surface area contributed by atoms with E-state index in [1.165, 1.54) is 6.92 Å². The van der Waals surface area contributed by atoms with Gasteiger partial charge in [0.1, 0.15) is 6.54 Å². The van der Waals surface area contributed by atoms with E-state index in [9.17, 15) is 9.59 Å². The quantitative estimate of drug-likeness (QED) is 0.577. The summed E-state index contributed by atoms with van der Waals surface area (Å²) in [5.41, 5.74) is 0.617. The van der Waals surface area contributed by atoms with Gasteiger partial charge in [0, 0.05) is 24.5 Å². The van der Waals surface area contributed by atoms with E-state index >= 15 is 0 Å². The van der Waals surface area contributed by atoms with Gasteiger partial charge in [0.15, 0.2) is 5.78 Å². The zero-order chi connectivity index (χ0) is 11.3. The van der Waals surface area contributed by atoms with Gasteiger partial charge in [-0.25, -0.2) is 0 Å². The third-order valence-electron chi connectivity index (χ3n) is 1.93. The van der Waals surface area contributed by atoms with Crippen molar-refractivity contribution in [2.75, 3.05) is 6.54 Å². The first-order valence-corrected chi connectivity index (χ1v) is 4.68. The number of Topliss-reactive ketones (excluding diaryl/α,β-unsaturated/α-hetero) is 1. The van der Waals surface area contributed by atoms with Crippen molar-refractivity contribution in [3.05, 3.63) is 36.7 Å². The number of amides is 1. The largest absolute Gasteiger partial charge is 0.351 e. The van der Waals surface area contributed by atoms with E-state index in [1.807, 2.05) is 0 Å². The molecule has 4 nitrogen and oxygen atoms in total. The van der Waals surface area contributed by atoms with E-state index in [0.29, 0.717) is 12.1 Å². The molecule has 1 aromatic rings. The summed E-state index contributed by atoms with van der Waals surface area (Å²) in [7, 11) is 0. The van der Waals surface area contributed by atoms with Crippen molar-refractivity contribution >= 4 is 11.7 Å². The van der Waals surface area contributed by atoms with Crippen LogP contribution in [-0.2, 0) is 11.3 Å². The number of carbonyl (C=O) groups excluding carboxylic acids is 2. The molecule has 0 radical (unpaired) electrons. The first-order valence-electron chi connectivity index (χ1n) is 4.68. The summed E-state index contributed by atoms with van der Waals surface area (Å²) in [6.07, 6.45) is 4.99. The molecule has 0 unspecified atom stereocenters. The maximum atomic E-state index is 11.3. The number of ketones is 1. The molecule has 0 saturated heterocycles. The molecule has 0 fully saturated rings. The minimum absolute atomic E-state index is 0.000231. The molecule has 1 rings (SSSR count). The van der Waals surface area contributed by atoms with Crippen molar-refractivity contribution in [1.82, 2.24) is 9.88 Å². The molecule has 80 valence electrons. The molecule has 0 aliphatic rings. The third-order valence-corrected chi connectivity index (χ3v) is 1.93. The molecule has 1 aromatic heterocycles. The first kappa shape index (κ1) is 11.2. The SMILES string of the molecule is C=CCNC(=O)Cn1ccc(C(C)=O)c1. The second kappa shape index (κ2) is 5.14. The van der Waals surface area contributed by atoms with Gasteiger partial charge in [-0.15, -0.1) is 6.58 Å². The number of hydrogen-bond donors (Lipinski definition) is 1. The summed E-state index contributed by atoms with van der Waals surface area (Å²) in [4.78, 5) is 22.3. The van der Waals surface area contributed by atoms with Crippen LogP contribution in [0.25, 0.3) is 0 Å². The summed E-state index contributed by atoms with van der Waals surface area (Å²) in [5.74, 6) is -0.0964. The topological polar surface area (TPSA) is 51.1 Å². The summed E-state index contributed by atoms with van der Waals surface area (Å²) in [5, 5.41) is 2.66. The van der Waals surface area contributed by atoms with E-state index in [1.54, 1.807) is 29.1 Å². The van der Waals surface area contributed by atoms with Crippen LogP contribution in [0.4, 0.5) is 0 Å². The highest BCUT2D eigenvalue weighted by atomic mass is 16.2. The number of rotatable bonds is 5. The van der Waals surface area contributed by atoms with Crippen molar-refractivity contribution in [2.24, 2.45) is 0 Å². The number of nitrogens with zero attached hydrogens (tertiary/aromatic N) is 1. The fourth-order valence-corrected chi connectivity index (χ4v) is 1.16. The molecule has 1 N–H and O–H groups in total. The molecule has 0 atom stereocenters. The molecule has 4 heteroatoms. The number of carbonyl (C=O) groups is 2. The third kappa shape index (κ3) is 3.42. The molecule has 1 heterocycles. The van der Waals surface area contributed by atoms with Crippen LogP contribution >= 0.6 is 0 Å². The van der Waals surface area contributed by atoms with Gasteiger partial charge in [0.25, 0.3) is 0 Å². The Balaban J connectivity index is 2.53. The average Bonchev–Trinajstić information content (AvgIpc) is 2.63. The van der Waals surface area contributed by atoms with E-state index in [2.05, 4.69) is 11.9 Å². The molecular formula is C11H14N2O2. The second-order valence-electron chi connectivity index (χ2n) is 3.22. The Bertz CT molecular complexity index is 380. The standard InChI is InChI=1S/C11H14N2O2/c1-3-5-12-11(15)8-13-6-4-10(7-13)9(2)14/h3-4,6-7H,1,5,8H2,2H3,(H,12,15). The minimum Gasteiger partial charge on any atom is -0.351 e. The molecule has 0 bridgehead atoms. The molecule has 0 spiro atoms. The van der Waals surface area contributed by atoms with Crippen LogP contribution in [0.15, 0.2) is 31.1 Å². The predicted molar refractivity (Wildman–Crippen MR) is 57.6 cm³/mol. The van der Waals surface area contributed by atoms with Crippen LogP contribution in [0, 0.1) is 0 Å². The van der Waals surface area contributed by atoms with Crippen molar-refractivity contribution < 1.29 is 9.59 Å². The van der Waals surface area contributed by atoms with Crippen molar-refractivity contribution in [2.45, 2.75) is 13.5 Å². The van der Waals surface area contributed by atoms with Gasteiger partial charge in [-0.05, 0) is 13.0 Å². The Kier molecular flexibility index (Phi) is 3.85. The maximum Gasteiger partial charge on any atom is 0.240 e. The van der Waals surface area contributed by atoms with Crippen LogP contribution in [0.5, 0.6) is 0 Å². The fraction of sp³-hybridized carbons (Fsp3) is 0.273. The van der Waals surface area contributed by atoms with Crippen molar-refractivity contribution in [3.63, 3.8) is 0 Å². The molecule has 1 amide bonds. The van der Waals surface area contributed by atoms with E-state index < -0.39 is 0 Å². The Morgan fingerprint density at radius 2 is 2.33 bits per heavy atom. The van der Waals surface area contributed by atoms with E-state index in [4.69, 9.17) is 0 Å². The number of hydrogen-bond acceptors (Lipinski definition) is 2. The van der Waals surface area contributed by atoms with Gasteiger partial charge >= 0.3 is 0 Å². The average molecular weight is 206 g/mol. The molecule has 0 saturated carbocycles. The van der Waals surface area contributed by atoms with Crippen LogP contribution in [-0.4, -0.2) is 22.8 Å². The van der Waals surface area contributed by atoms with E-state index in [0.717, 1.165) is 0 Å². The van der Waals surface area contributed by atoms with Crippen molar-refractivity contribution in [1.29, 1.82) is 0 Å². The molecule has 15 heavy (non-hydrogen) atoms. The Morgan fingerprint density at radius 1 is 1.60 bits per heavy atom. The maximum absolute atomic E-state index is 11.3. The monoisotopic (exact) mass is 206 g/mol. The predicted octanol–water partition coefficient (Wildman–Crippen LogP) is 0.993. The van der Waals surface area contributed by atoms with Crippen LogP contribution in [0.2, 0.25) is 0 Å². The van der Waals surface area contributed by atoms with Crippen LogP contribution in [0.1, 0.15) is 17.3 Å². The van der Waals surface area contributed by atoms with Gasteiger partial charge in [0.2, 0.25) is 5.91 Å². The molecule has 0 aromatic carbocycles. The lowest BCUT2D eigenvalue weighted by molar-refractivity contribution is -0.121. The minimum atomic E-state index is -0.0967. The molecular weight excluding hydrogens is 192 g/mol. The van der Waals surface area contributed by atoms with Crippen LogP contribution < -0.4 is 5.32 Å². The first-order chi connectivity index (χ1) is 7.13. The lowest BCUT2D eigenvalue weighted by atomic mass is 10.2. The summed E-state index contributed by atoms with van der Waals surface area (Å²) >= 11 is 0. The Morgan fingerprint density at radius 3 is 2.87 bits per heavy atom. The normalized spacial score (nSPS) is 9.67. The van der Waals surface area contributed by atoms with Gasteiger partial charge in [-0.2, -0.15) is 0 Å². The Hall–Kier alpha value is -1.84. The lowest BCUT2D eigenvalue weighted by Gasteiger charge is -2.02. The highest BCUT2D eigenvalue weighted by molar-refractivity contribution is 5.93. The lowest BCUT2D eigenvalue weighted by Crippen LogP contribution is -2.27. The fourth-order valence-electron chi connectivity index (χ4n) is 1.16. The summed E-state index contributed by atoms with van der Waals surface area (Å²) in [6, 6.07) is 1.70. The van der Waals surface area contributed by atoms with Gasteiger partial charge in [-0.1, -0.05) is 6.08 Å². The van der Waals surface area contributed by atoms with E-state index in [-0.39, 0.29) is 18.2 Å². The zero-order valence-electron chi connectivity index (χ0n) is 8.69. The molecule has 0 aliphatic carbocycles. The van der Waals surface area contributed by atoms with Crippen LogP contribution in [0.3, 0.4) is 0 Å². The second-order valence-corrected chi connectivity index (χ2v) is 3.22. The summed E-state index contributed by atoms with van der Waals surface area (Å²) < 4.78 is 1.68. The van der Waals surface area contributed by atoms with Gasteiger partial charge in [-0.3, -0.25) is 9.59 Å². The molecule has 0 aliphatic heterocycles. The number of nitrogens with one attached hydrogen (secondary N) is 1. The summed E-state index contributed by atoms with van der Waals surface area (Å²) in [6.45, 7) is 5.68.